The number of hydrogen-bond acceptors (Lipinski definition) is 1. The SMILES string of the molecule is C=CCC1(c2ccc(F)cc2)C=C(c2ccccc2)P(C)(=O)C(c2ccccc2)=C1. The van der Waals surface area contributed by atoms with Crippen LogP contribution in [0.4, 0.5) is 4.39 Å². The minimum absolute atomic E-state index is 0.274. The monoisotopic (exact) mass is 414 g/mol. The number of halogens is 1. The normalized spacial score (nSPS) is 23.4. The predicted molar refractivity (Wildman–Crippen MR) is 125 cm³/mol. The fourth-order valence-corrected chi connectivity index (χ4v) is 6.68. The molecule has 0 aromatic heterocycles. The maximum Gasteiger partial charge on any atom is 0.140 e. The lowest BCUT2D eigenvalue weighted by Crippen LogP contribution is -2.24. The molecule has 1 nitrogen and oxygen atoms in total. The summed E-state index contributed by atoms with van der Waals surface area (Å²) in [6, 6.07) is 26.3. The summed E-state index contributed by atoms with van der Waals surface area (Å²) >= 11 is 0. The van der Waals surface area contributed by atoms with E-state index in [-0.39, 0.29) is 5.82 Å². The lowest BCUT2D eigenvalue weighted by molar-refractivity contribution is 0.589. The topological polar surface area (TPSA) is 17.1 Å². The van der Waals surface area contributed by atoms with E-state index in [9.17, 15) is 8.96 Å². The zero-order chi connectivity index (χ0) is 21.2. The van der Waals surface area contributed by atoms with Crippen LogP contribution in [-0.4, -0.2) is 6.66 Å². The van der Waals surface area contributed by atoms with Gasteiger partial charge in [0.15, 0.2) is 0 Å². The Balaban J connectivity index is 2.03. The molecular formula is C27H24FOP. The molecule has 1 aliphatic heterocycles. The van der Waals surface area contributed by atoms with Crippen LogP contribution in [0, 0.1) is 5.82 Å². The van der Waals surface area contributed by atoms with Gasteiger partial charge in [0.1, 0.15) is 13.0 Å². The largest absolute Gasteiger partial charge is 0.314 e. The van der Waals surface area contributed by atoms with Gasteiger partial charge in [-0.2, -0.15) is 0 Å². The van der Waals surface area contributed by atoms with Crippen LogP contribution in [0.15, 0.2) is 110 Å². The van der Waals surface area contributed by atoms with Crippen molar-refractivity contribution < 1.29 is 8.96 Å². The minimum Gasteiger partial charge on any atom is -0.314 e. The number of allylic oxidation sites excluding steroid dienone is 3. The van der Waals surface area contributed by atoms with Crippen molar-refractivity contribution in [1.82, 2.24) is 0 Å². The van der Waals surface area contributed by atoms with E-state index < -0.39 is 12.6 Å². The molecule has 0 saturated carbocycles. The molecule has 3 aromatic rings. The van der Waals surface area contributed by atoms with Crippen LogP contribution in [0.25, 0.3) is 10.6 Å². The molecule has 30 heavy (non-hydrogen) atoms. The van der Waals surface area contributed by atoms with Gasteiger partial charge < -0.3 is 4.57 Å². The summed E-state index contributed by atoms with van der Waals surface area (Å²) < 4.78 is 27.9. The number of hydrogen-bond donors (Lipinski definition) is 0. The van der Waals surface area contributed by atoms with Crippen molar-refractivity contribution in [3.05, 3.63) is 132 Å². The zero-order valence-electron chi connectivity index (χ0n) is 17.0. The molecule has 0 spiro atoms. The minimum atomic E-state index is -2.87. The van der Waals surface area contributed by atoms with E-state index in [0.717, 1.165) is 27.3 Å². The second kappa shape index (κ2) is 8.05. The van der Waals surface area contributed by atoms with Crippen molar-refractivity contribution in [2.75, 3.05) is 6.66 Å². The van der Waals surface area contributed by atoms with Gasteiger partial charge in [-0.1, -0.05) is 91.0 Å². The van der Waals surface area contributed by atoms with Crippen LogP contribution in [0.5, 0.6) is 0 Å². The molecule has 0 fully saturated rings. The van der Waals surface area contributed by atoms with Crippen LogP contribution >= 0.6 is 7.14 Å². The second-order valence-corrected chi connectivity index (χ2v) is 10.6. The van der Waals surface area contributed by atoms with E-state index >= 15 is 0 Å². The van der Waals surface area contributed by atoms with Gasteiger partial charge in [-0.05, 0) is 41.9 Å². The van der Waals surface area contributed by atoms with Gasteiger partial charge in [-0.25, -0.2) is 4.39 Å². The third-order valence-corrected chi connectivity index (χ3v) is 8.32. The van der Waals surface area contributed by atoms with Crippen molar-refractivity contribution in [3.8, 4) is 0 Å². The van der Waals surface area contributed by atoms with E-state index in [4.69, 9.17) is 0 Å². The van der Waals surface area contributed by atoms with E-state index in [0.29, 0.717) is 6.42 Å². The average Bonchev–Trinajstić information content (AvgIpc) is 2.76. The van der Waals surface area contributed by atoms with Gasteiger partial charge >= 0.3 is 0 Å². The van der Waals surface area contributed by atoms with Crippen molar-refractivity contribution in [1.29, 1.82) is 0 Å². The average molecular weight is 414 g/mol. The number of benzene rings is 3. The molecule has 3 heteroatoms. The molecule has 1 heterocycles. The molecule has 0 aliphatic carbocycles. The molecule has 4 rings (SSSR count). The maximum absolute atomic E-state index is 14.3. The standard InChI is InChI=1S/C27H24FOP/c1-3-18-27(23-14-16-24(28)17-15-23)19-25(21-10-6-4-7-11-21)30(2,29)26(20-27)22-12-8-5-9-13-22/h3-17,19-20H,1,18H2,2H3. The molecule has 0 bridgehead atoms. The number of rotatable bonds is 5. The Kier molecular flexibility index (Phi) is 5.45. The van der Waals surface area contributed by atoms with Crippen LogP contribution in [0.2, 0.25) is 0 Å². The summed E-state index contributed by atoms with van der Waals surface area (Å²) in [4.78, 5) is 0. The van der Waals surface area contributed by atoms with Crippen LogP contribution in [-0.2, 0) is 9.98 Å². The van der Waals surface area contributed by atoms with Gasteiger partial charge in [-0.15, -0.1) is 6.58 Å². The van der Waals surface area contributed by atoms with Gasteiger partial charge in [0.05, 0.1) is 0 Å². The molecular weight excluding hydrogens is 390 g/mol. The van der Waals surface area contributed by atoms with Crippen LogP contribution in [0.1, 0.15) is 23.1 Å². The lowest BCUT2D eigenvalue weighted by atomic mass is 9.76. The zero-order valence-corrected chi connectivity index (χ0v) is 17.9. The fourth-order valence-electron chi connectivity index (χ4n) is 4.18. The van der Waals surface area contributed by atoms with E-state index in [1.807, 2.05) is 85.5 Å². The molecule has 0 radical (unpaired) electrons. The fraction of sp³-hybridized carbons (Fsp3) is 0.111. The molecule has 0 N–H and O–H groups in total. The quantitative estimate of drug-likeness (QED) is 0.308. The lowest BCUT2D eigenvalue weighted by Gasteiger charge is -2.37. The summed E-state index contributed by atoms with van der Waals surface area (Å²) in [6.07, 6.45) is 6.69. The Morgan fingerprint density at radius 2 is 1.30 bits per heavy atom. The van der Waals surface area contributed by atoms with Crippen LogP contribution in [0.3, 0.4) is 0 Å². The van der Waals surface area contributed by atoms with Crippen molar-refractivity contribution in [3.63, 3.8) is 0 Å². The Morgan fingerprint density at radius 1 is 0.833 bits per heavy atom. The summed E-state index contributed by atoms with van der Waals surface area (Å²) in [5.74, 6) is -0.274. The molecule has 0 unspecified atom stereocenters. The van der Waals surface area contributed by atoms with Crippen molar-refractivity contribution in [2.45, 2.75) is 11.8 Å². The van der Waals surface area contributed by atoms with Crippen molar-refractivity contribution >= 4 is 17.8 Å². The maximum atomic E-state index is 14.3. The van der Waals surface area contributed by atoms with Crippen molar-refractivity contribution in [2.24, 2.45) is 0 Å². The van der Waals surface area contributed by atoms with E-state index in [1.165, 1.54) is 12.1 Å². The Labute approximate surface area is 177 Å². The predicted octanol–water partition coefficient (Wildman–Crippen LogP) is 7.73. The van der Waals surface area contributed by atoms with Gasteiger partial charge in [0.2, 0.25) is 0 Å². The highest BCUT2D eigenvalue weighted by Crippen LogP contribution is 2.69. The second-order valence-electron chi connectivity index (χ2n) is 7.76. The van der Waals surface area contributed by atoms with Crippen LogP contribution < -0.4 is 0 Å². The molecule has 0 amide bonds. The smallest absolute Gasteiger partial charge is 0.140 e. The first-order valence-corrected chi connectivity index (χ1v) is 12.1. The summed E-state index contributed by atoms with van der Waals surface area (Å²) in [5, 5.41) is 1.66. The first-order valence-electron chi connectivity index (χ1n) is 9.98. The molecule has 1 aliphatic rings. The first kappa shape index (κ1) is 20.3. The highest BCUT2D eigenvalue weighted by molar-refractivity contribution is 7.83. The third-order valence-electron chi connectivity index (χ3n) is 5.71. The Bertz CT molecular complexity index is 1100. The van der Waals surface area contributed by atoms with E-state index in [2.05, 4.69) is 18.7 Å². The third kappa shape index (κ3) is 3.64. The summed E-state index contributed by atoms with van der Waals surface area (Å²) in [6.45, 7) is 5.81. The molecule has 150 valence electrons. The van der Waals surface area contributed by atoms with Gasteiger partial charge in [0.25, 0.3) is 0 Å². The van der Waals surface area contributed by atoms with E-state index in [1.54, 1.807) is 0 Å². The summed E-state index contributed by atoms with van der Waals surface area (Å²) in [7, 11) is -2.87. The summed E-state index contributed by atoms with van der Waals surface area (Å²) in [5.41, 5.74) is 2.28. The molecule has 3 aromatic carbocycles. The molecule has 0 atom stereocenters. The Hall–Kier alpha value is -2.96. The van der Waals surface area contributed by atoms with Gasteiger partial charge in [0, 0.05) is 16.0 Å². The Morgan fingerprint density at radius 3 is 1.73 bits per heavy atom. The molecule has 0 saturated heterocycles. The van der Waals surface area contributed by atoms with Gasteiger partial charge in [-0.3, -0.25) is 0 Å². The highest BCUT2D eigenvalue weighted by Gasteiger charge is 2.40. The highest BCUT2D eigenvalue weighted by atomic mass is 31.2. The first-order chi connectivity index (χ1) is 14.5.